The van der Waals surface area contributed by atoms with Crippen molar-refractivity contribution in [3.63, 3.8) is 0 Å². The molecule has 1 aliphatic carbocycles. The summed E-state index contributed by atoms with van der Waals surface area (Å²) in [5, 5.41) is 11.6. The van der Waals surface area contributed by atoms with E-state index in [9.17, 15) is 14.4 Å². The molecule has 1 rings (SSSR count). The fraction of sp³-hybridized carbons (Fsp3) is 0.750. The second-order valence-electron chi connectivity index (χ2n) is 5.45. The van der Waals surface area contributed by atoms with Crippen LogP contribution in [0.25, 0.3) is 0 Å². The molecule has 2 atom stereocenters. The Balaban J connectivity index is 2.56. The fourth-order valence-electron chi connectivity index (χ4n) is 2.10. The fourth-order valence-corrected chi connectivity index (χ4v) is 2.10. The minimum atomic E-state index is -0.929. The van der Waals surface area contributed by atoms with E-state index in [1.807, 2.05) is 0 Å². The monoisotopic (exact) mass is 256 g/mol. The van der Waals surface area contributed by atoms with Gasteiger partial charge in [-0.15, -0.1) is 0 Å². The van der Waals surface area contributed by atoms with Crippen molar-refractivity contribution in [3.8, 4) is 0 Å². The number of nitrogens with one attached hydrogen (secondary N) is 1. The lowest BCUT2D eigenvalue weighted by molar-refractivity contribution is -0.146. The molecule has 1 aliphatic rings. The van der Waals surface area contributed by atoms with Crippen LogP contribution in [-0.4, -0.2) is 29.4 Å². The summed E-state index contributed by atoms with van der Waals surface area (Å²) < 4.78 is 0. The molecule has 6 nitrogen and oxygen atoms in total. The summed E-state index contributed by atoms with van der Waals surface area (Å²) >= 11 is 0. The van der Waals surface area contributed by atoms with Gasteiger partial charge in [-0.1, -0.05) is 6.42 Å². The van der Waals surface area contributed by atoms with E-state index < -0.39 is 29.1 Å². The summed E-state index contributed by atoms with van der Waals surface area (Å²) in [4.78, 5) is 34.0. The molecule has 1 saturated carbocycles. The third-order valence-electron chi connectivity index (χ3n) is 3.54. The number of hydrogen-bond donors (Lipinski definition) is 3. The lowest BCUT2D eigenvalue weighted by atomic mass is 9.91. The van der Waals surface area contributed by atoms with Gasteiger partial charge in [-0.2, -0.15) is 0 Å². The summed E-state index contributed by atoms with van der Waals surface area (Å²) in [6.07, 6.45) is 1.86. The highest BCUT2D eigenvalue weighted by Gasteiger charge is 2.38. The first kappa shape index (κ1) is 14.5. The SMILES string of the molecule is CC(C)(CNC(=O)C1CCCC1C(=O)O)C(N)=O. The van der Waals surface area contributed by atoms with Gasteiger partial charge < -0.3 is 16.2 Å². The average molecular weight is 256 g/mol. The van der Waals surface area contributed by atoms with E-state index in [-0.39, 0.29) is 12.5 Å². The van der Waals surface area contributed by atoms with E-state index >= 15 is 0 Å². The van der Waals surface area contributed by atoms with Crippen LogP contribution in [-0.2, 0) is 14.4 Å². The van der Waals surface area contributed by atoms with Crippen LogP contribution < -0.4 is 11.1 Å². The number of amides is 2. The van der Waals surface area contributed by atoms with Crippen LogP contribution in [0.3, 0.4) is 0 Å². The summed E-state index contributed by atoms with van der Waals surface area (Å²) in [6, 6.07) is 0. The van der Waals surface area contributed by atoms with Gasteiger partial charge in [0.05, 0.1) is 17.3 Å². The van der Waals surface area contributed by atoms with E-state index in [1.165, 1.54) is 0 Å². The zero-order valence-corrected chi connectivity index (χ0v) is 10.7. The topological polar surface area (TPSA) is 109 Å². The van der Waals surface area contributed by atoms with Crippen molar-refractivity contribution in [1.29, 1.82) is 0 Å². The number of aliphatic carboxylic acids is 1. The quantitative estimate of drug-likeness (QED) is 0.648. The van der Waals surface area contributed by atoms with Crippen molar-refractivity contribution in [3.05, 3.63) is 0 Å². The Morgan fingerprint density at radius 3 is 2.33 bits per heavy atom. The van der Waals surface area contributed by atoms with E-state index in [1.54, 1.807) is 13.8 Å². The number of hydrogen-bond acceptors (Lipinski definition) is 3. The highest BCUT2D eigenvalue weighted by atomic mass is 16.4. The van der Waals surface area contributed by atoms with E-state index in [0.717, 1.165) is 6.42 Å². The maximum absolute atomic E-state index is 11.9. The predicted molar refractivity (Wildman–Crippen MR) is 64.5 cm³/mol. The van der Waals surface area contributed by atoms with Crippen LogP contribution in [0.4, 0.5) is 0 Å². The van der Waals surface area contributed by atoms with Gasteiger partial charge in [-0.05, 0) is 26.7 Å². The van der Waals surface area contributed by atoms with Gasteiger partial charge in [-0.3, -0.25) is 14.4 Å². The molecule has 0 bridgehead atoms. The molecule has 0 aliphatic heterocycles. The second kappa shape index (κ2) is 5.37. The van der Waals surface area contributed by atoms with Crippen LogP contribution in [0.1, 0.15) is 33.1 Å². The van der Waals surface area contributed by atoms with Gasteiger partial charge in [0.1, 0.15) is 0 Å². The molecule has 0 saturated heterocycles. The van der Waals surface area contributed by atoms with Crippen LogP contribution in [0, 0.1) is 17.3 Å². The first-order chi connectivity index (χ1) is 8.25. The molecule has 0 aromatic carbocycles. The Labute approximate surface area is 106 Å². The first-order valence-electron chi connectivity index (χ1n) is 6.06. The summed E-state index contributed by atoms with van der Waals surface area (Å²) in [6.45, 7) is 3.40. The summed E-state index contributed by atoms with van der Waals surface area (Å²) in [5.74, 6) is -2.83. The van der Waals surface area contributed by atoms with Crippen LogP contribution in [0.2, 0.25) is 0 Å². The molecule has 0 aromatic heterocycles. The predicted octanol–water partition coefficient (Wildman–Crippen LogP) is 0.115. The third kappa shape index (κ3) is 3.21. The number of carbonyl (C=O) groups excluding carboxylic acids is 2. The molecule has 6 heteroatoms. The largest absolute Gasteiger partial charge is 0.481 e. The number of nitrogens with two attached hydrogens (primary N) is 1. The minimum Gasteiger partial charge on any atom is -0.481 e. The van der Waals surface area contributed by atoms with Crippen molar-refractivity contribution < 1.29 is 19.5 Å². The van der Waals surface area contributed by atoms with E-state index in [4.69, 9.17) is 10.8 Å². The number of carbonyl (C=O) groups is 3. The molecule has 0 heterocycles. The molecule has 18 heavy (non-hydrogen) atoms. The zero-order valence-electron chi connectivity index (χ0n) is 10.7. The second-order valence-corrected chi connectivity index (χ2v) is 5.45. The first-order valence-corrected chi connectivity index (χ1v) is 6.06. The smallest absolute Gasteiger partial charge is 0.307 e. The van der Waals surface area contributed by atoms with Crippen molar-refractivity contribution in [2.75, 3.05) is 6.54 Å². The van der Waals surface area contributed by atoms with Crippen molar-refractivity contribution in [2.45, 2.75) is 33.1 Å². The Morgan fingerprint density at radius 1 is 1.28 bits per heavy atom. The van der Waals surface area contributed by atoms with E-state index in [2.05, 4.69) is 5.32 Å². The average Bonchev–Trinajstić information content (AvgIpc) is 2.74. The Kier molecular flexibility index (Phi) is 4.32. The molecule has 2 amide bonds. The maximum atomic E-state index is 11.9. The van der Waals surface area contributed by atoms with Crippen molar-refractivity contribution in [2.24, 2.45) is 23.0 Å². The molecule has 4 N–H and O–H groups in total. The molecular formula is C12H20N2O4. The zero-order chi connectivity index (χ0) is 13.9. The molecule has 0 spiro atoms. The number of carboxylic acid groups (broad SMARTS) is 1. The summed E-state index contributed by atoms with van der Waals surface area (Å²) in [7, 11) is 0. The molecule has 1 fully saturated rings. The van der Waals surface area contributed by atoms with Crippen LogP contribution in [0.15, 0.2) is 0 Å². The molecular weight excluding hydrogens is 236 g/mol. The van der Waals surface area contributed by atoms with Gasteiger partial charge in [0, 0.05) is 6.54 Å². The Hall–Kier alpha value is -1.59. The minimum absolute atomic E-state index is 0.129. The molecule has 102 valence electrons. The van der Waals surface area contributed by atoms with Crippen LogP contribution in [0.5, 0.6) is 0 Å². The maximum Gasteiger partial charge on any atom is 0.307 e. The standard InChI is InChI=1S/C12H20N2O4/c1-12(2,11(13)18)6-14-9(15)7-4-3-5-8(7)10(16)17/h7-8H,3-6H2,1-2H3,(H2,13,18)(H,14,15)(H,16,17). The molecule has 0 radical (unpaired) electrons. The number of carboxylic acids is 1. The van der Waals surface area contributed by atoms with Gasteiger partial charge >= 0.3 is 5.97 Å². The number of primary amides is 1. The van der Waals surface area contributed by atoms with Gasteiger partial charge in [0.2, 0.25) is 11.8 Å². The Bertz CT molecular complexity index is 365. The van der Waals surface area contributed by atoms with E-state index in [0.29, 0.717) is 12.8 Å². The van der Waals surface area contributed by atoms with Crippen molar-refractivity contribution in [1.82, 2.24) is 5.32 Å². The molecule has 0 aromatic rings. The highest BCUT2D eigenvalue weighted by molar-refractivity contribution is 5.86. The number of rotatable bonds is 5. The Morgan fingerprint density at radius 2 is 1.83 bits per heavy atom. The van der Waals surface area contributed by atoms with Gasteiger partial charge in [0.25, 0.3) is 0 Å². The highest BCUT2D eigenvalue weighted by Crippen LogP contribution is 2.32. The molecule has 2 unspecified atom stereocenters. The normalized spacial score (nSPS) is 23.7. The van der Waals surface area contributed by atoms with Crippen LogP contribution >= 0.6 is 0 Å². The lowest BCUT2D eigenvalue weighted by Gasteiger charge is -2.23. The summed E-state index contributed by atoms with van der Waals surface area (Å²) in [5.41, 5.74) is 4.37. The lowest BCUT2D eigenvalue weighted by Crippen LogP contribution is -2.45. The third-order valence-corrected chi connectivity index (χ3v) is 3.54. The van der Waals surface area contributed by atoms with Gasteiger partial charge in [-0.25, -0.2) is 0 Å². The van der Waals surface area contributed by atoms with Gasteiger partial charge in [0.15, 0.2) is 0 Å². The van der Waals surface area contributed by atoms with Crippen molar-refractivity contribution >= 4 is 17.8 Å².